The van der Waals surface area contributed by atoms with Crippen LogP contribution in [0.2, 0.25) is 0 Å². The summed E-state index contributed by atoms with van der Waals surface area (Å²) < 4.78 is 64.3. The Labute approximate surface area is 301 Å². The van der Waals surface area contributed by atoms with Gasteiger partial charge in [-0.15, -0.1) is 0 Å². The maximum absolute atomic E-state index is 14.3. The Morgan fingerprint density at radius 2 is 1.56 bits per heavy atom. The second kappa shape index (κ2) is 14.5. The Morgan fingerprint density at radius 3 is 2.12 bits per heavy atom. The molecule has 0 bridgehead atoms. The molecule has 1 N–H and O–H groups in total. The summed E-state index contributed by atoms with van der Waals surface area (Å²) in [6, 6.07) is 21.3. The highest BCUT2D eigenvalue weighted by molar-refractivity contribution is 7.92. The van der Waals surface area contributed by atoms with Gasteiger partial charge in [-0.05, 0) is 73.3 Å². The molecule has 0 aliphatic carbocycles. The molecule has 3 atom stereocenters. The predicted octanol–water partition coefficient (Wildman–Crippen LogP) is 5.77. The summed E-state index contributed by atoms with van der Waals surface area (Å²) in [7, 11) is 0. The number of alkyl halides is 3. The zero-order valence-corrected chi connectivity index (χ0v) is 29.3. The summed E-state index contributed by atoms with van der Waals surface area (Å²) in [5.74, 6) is -2.26. The molecular weight excluding hydrogens is 699 g/mol. The molecule has 0 radical (unpaired) electrons. The summed E-state index contributed by atoms with van der Waals surface area (Å²) in [6.45, 7) is 5.26. The van der Waals surface area contributed by atoms with Crippen molar-refractivity contribution in [2.75, 3.05) is 12.3 Å². The van der Waals surface area contributed by atoms with Crippen LogP contribution in [0.5, 0.6) is 0 Å². The number of amides is 3. The van der Waals surface area contributed by atoms with Gasteiger partial charge in [0, 0.05) is 24.2 Å². The normalized spacial score (nSPS) is 21.3. The minimum atomic E-state index is -4.49. The molecule has 3 amide bonds. The number of ether oxygens (including phenoxy) is 2. The van der Waals surface area contributed by atoms with E-state index in [0.717, 1.165) is 17.0 Å². The fourth-order valence-electron chi connectivity index (χ4n) is 6.27. The van der Waals surface area contributed by atoms with Gasteiger partial charge < -0.3 is 24.2 Å². The van der Waals surface area contributed by atoms with E-state index in [-0.39, 0.29) is 42.1 Å². The molecule has 3 aliphatic heterocycles. The van der Waals surface area contributed by atoms with Crippen LogP contribution in [-0.2, 0) is 47.8 Å². The first-order valence-electron chi connectivity index (χ1n) is 16.5. The molecule has 0 aromatic heterocycles. The van der Waals surface area contributed by atoms with Gasteiger partial charge in [0.1, 0.15) is 17.1 Å². The number of esters is 1. The van der Waals surface area contributed by atoms with Gasteiger partial charge in [-0.3, -0.25) is 14.5 Å². The summed E-state index contributed by atoms with van der Waals surface area (Å²) in [4.78, 5) is 56.7. The number of benzene rings is 3. The van der Waals surface area contributed by atoms with E-state index in [1.54, 1.807) is 69.3 Å². The van der Waals surface area contributed by atoms with E-state index in [9.17, 15) is 36.9 Å². The van der Waals surface area contributed by atoms with Crippen LogP contribution in [0.3, 0.4) is 0 Å². The molecule has 2 fully saturated rings. The first-order valence-corrected chi connectivity index (χ1v) is 17.9. The van der Waals surface area contributed by atoms with Crippen molar-refractivity contribution in [2.24, 2.45) is 0 Å². The van der Waals surface area contributed by atoms with Crippen molar-refractivity contribution in [1.29, 1.82) is 0 Å². The van der Waals surface area contributed by atoms with Crippen molar-refractivity contribution < 1.29 is 46.4 Å². The summed E-state index contributed by atoms with van der Waals surface area (Å²) in [5, 5.41) is 1.38. The molecule has 52 heavy (non-hydrogen) atoms. The van der Waals surface area contributed by atoms with Crippen molar-refractivity contribution in [1.82, 2.24) is 15.1 Å². The number of halogens is 3. The second-order valence-corrected chi connectivity index (χ2v) is 15.1. The van der Waals surface area contributed by atoms with Gasteiger partial charge in [-0.1, -0.05) is 72.8 Å². The van der Waals surface area contributed by atoms with E-state index in [2.05, 4.69) is 5.32 Å². The smallest absolute Gasteiger partial charge is 0.416 e. The van der Waals surface area contributed by atoms with Crippen molar-refractivity contribution in [3.8, 4) is 0 Å². The molecule has 1 unspecified atom stereocenters. The quantitative estimate of drug-likeness (QED) is 0.135. The van der Waals surface area contributed by atoms with Crippen molar-refractivity contribution in [3.63, 3.8) is 0 Å². The highest BCUT2D eigenvalue weighted by Crippen LogP contribution is 2.40. The number of nitrogens with zero attached hydrogens (tertiary/aromatic N) is 2. The topological polar surface area (TPSA) is 128 Å². The number of allylic oxidation sites excluding steroid dienone is 1. The number of alkyl carbamates (subject to hydrolysis) is 1. The van der Waals surface area contributed by atoms with Crippen LogP contribution < -0.4 is 5.32 Å². The Kier molecular flexibility index (Phi) is 10.2. The second-order valence-electron chi connectivity index (χ2n) is 13.6. The summed E-state index contributed by atoms with van der Waals surface area (Å²) >= 11 is -1.82. The van der Waals surface area contributed by atoms with Gasteiger partial charge in [0.2, 0.25) is 11.3 Å². The lowest BCUT2D eigenvalue weighted by atomic mass is 10.00. The number of carbonyl (C=O) groups is 4. The van der Waals surface area contributed by atoms with E-state index >= 15 is 0 Å². The van der Waals surface area contributed by atoms with E-state index in [1.807, 2.05) is 12.1 Å². The maximum Gasteiger partial charge on any atom is 0.416 e. The lowest BCUT2D eigenvalue weighted by Crippen LogP contribution is -2.75. The van der Waals surface area contributed by atoms with Gasteiger partial charge in [0.15, 0.2) is 12.1 Å². The van der Waals surface area contributed by atoms with Gasteiger partial charge in [-0.2, -0.15) is 13.2 Å². The van der Waals surface area contributed by atoms with E-state index in [4.69, 9.17) is 9.47 Å². The third-order valence-corrected chi connectivity index (χ3v) is 10.3. The number of carbonyl (C=O) groups excluding carboxylic acids is 4. The van der Waals surface area contributed by atoms with Crippen molar-refractivity contribution in [2.45, 2.75) is 63.0 Å². The van der Waals surface area contributed by atoms with Crippen LogP contribution in [0.4, 0.5) is 18.0 Å². The Hall–Kier alpha value is -5.08. The Balaban J connectivity index is 1.32. The molecule has 3 heterocycles. The molecular formula is C38H36F3N3O7S. The number of fused-ring (bicyclic) bond motifs is 1. The largest absolute Gasteiger partial charge is 0.614 e. The number of hydrogen-bond donors (Lipinski definition) is 1. The summed E-state index contributed by atoms with van der Waals surface area (Å²) in [6.07, 6.45) is -4.59. The third-order valence-electron chi connectivity index (χ3n) is 8.67. The van der Waals surface area contributed by atoms with Crippen LogP contribution in [0.15, 0.2) is 108 Å². The minimum absolute atomic E-state index is 0.0503. The number of nitrogens with one attached hydrogen (secondary N) is 1. The Morgan fingerprint density at radius 1 is 0.962 bits per heavy atom. The third kappa shape index (κ3) is 7.87. The number of hydrogen-bond acceptors (Lipinski definition) is 7. The molecule has 0 saturated carbocycles. The van der Waals surface area contributed by atoms with Crippen LogP contribution in [0.1, 0.15) is 55.5 Å². The lowest BCUT2D eigenvalue weighted by molar-refractivity contribution is -0.154. The van der Waals surface area contributed by atoms with Crippen molar-refractivity contribution in [3.05, 3.63) is 130 Å². The first kappa shape index (κ1) is 36.7. The number of rotatable bonds is 8. The van der Waals surface area contributed by atoms with E-state index in [1.165, 1.54) is 23.1 Å². The van der Waals surface area contributed by atoms with E-state index in [0.29, 0.717) is 16.7 Å². The standard InChI is InChI=1S/C38H36F3N3O7S/c1-37(2,3)51-36(48)42-29-33(46)44-30(35(47)50-31(24-10-6-4-7-11-24)25-12-8-5-9-13-25)27(22-52(49)34(29)44)20-26-18-19-43(32(26)45)21-23-14-16-28(17-15-23)38(39,40)41/h4-17,20,29,31,34H,18-19,21-22H2,1-3H3,(H,42,48)/b26-20+/t29-,34-,52?/m1/s1. The zero-order valence-electron chi connectivity index (χ0n) is 28.5. The number of β-lactam (4-membered cyclic amide) rings is 1. The molecule has 3 aromatic carbocycles. The SMILES string of the molecule is CC(C)(C)OC(=O)N[C@@H]1C(=O)N2C(C(=O)OC(c3ccccc3)c3ccccc3)=C(/C=C3\CCN(Cc4ccc(C(F)(F)F)cc4)C3=O)C[S+]([O-])[C@H]12. The van der Waals surface area contributed by atoms with Crippen LogP contribution in [0, 0.1) is 0 Å². The summed E-state index contributed by atoms with van der Waals surface area (Å²) in [5.41, 5.74) is 0.348. The predicted molar refractivity (Wildman–Crippen MR) is 184 cm³/mol. The lowest BCUT2D eigenvalue weighted by Gasteiger charge is -2.49. The van der Waals surface area contributed by atoms with Crippen LogP contribution in [0.25, 0.3) is 0 Å². The van der Waals surface area contributed by atoms with Gasteiger partial charge in [0.25, 0.3) is 5.91 Å². The molecule has 6 rings (SSSR count). The highest BCUT2D eigenvalue weighted by Gasteiger charge is 2.61. The minimum Gasteiger partial charge on any atom is -0.614 e. The molecule has 272 valence electrons. The average Bonchev–Trinajstić information content (AvgIpc) is 3.43. The molecule has 10 nitrogen and oxygen atoms in total. The molecule has 2 saturated heterocycles. The van der Waals surface area contributed by atoms with E-state index < -0.39 is 69.9 Å². The van der Waals surface area contributed by atoms with Gasteiger partial charge in [-0.25, -0.2) is 9.59 Å². The first-order chi connectivity index (χ1) is 24.6. The average molecular weight is 736 g/mol. The molecule has 14 heteroatoms. The molecule has 0 spiro atoms. The highest BCUT2D eigenvalue weighted by atomic mass is 32.2. The molecule has 3 aliphatic rings. The van der Waals surface area contributed by atoms with Crippen molar-refractivity contribution >= 4 is 35.1 Å². The van der Waals surface area contributed by atoms with Crippen LogP contribution in [-0.4, -0.2) is 67.5 Å². The zero-order chi connectivity index (χ0) is 37.4. The fraction of sp³-hybridized carbons (Fsp3) is 0.316. The fourth-order valence-corrected chi connectivity index (χ4v) is 7.90. The van der Waals surface area contributed by atoms with Crippen LogP contribution >= 0.6 is 0 Å². The monoisotopic (exact) mass is 735 g/mol. The Bertz CT molecular complexity index is 1870. The molecule has 3 aromatic rings. The maximum atomic E-state index is 14.3. The number of likely N-dealkylation sites (tertiary alicyclic amines) is 1. The van der Waals surface area contributed by atoms with Gasteiger partial charge >= 0.3 is 18.2 Å². The van der Waals surface area contributed by atoms with Gasteiger partial charge in [0.05, 0.1) is 5.56 Å².